The molecule has 0 N–H and O–H groups in total. The Hall–Kier alpha value is -7.77. The van der Waals surface area contributed by atoms with Gasteiger partial charge in [0.25, 0.3) is 0 Å². The number of allylic oxidation sites excluding steroid dienone is 4. The molecular weight excluding hydrogens is 711 g/mol. The number of hydrogen-bond donors (Lipinski definition) is 0. The highest BCUT2D eigenvalue weighted by Gasteiger charge is 2.15. The maximum atomic E-state index is 5.19. The number of aromatic nitrogens is 3. The van der Waals surface area contributed by atoms with E-state index in [0.29, 0.717) is 18.2 Å². The molecule has 0 amide bonds. The SMILES string of the molecule is C=N/C=C\C=C1\C=Cc2ccc(-c3cccc(C(=NCc4cccc(-c5ccc6ccc7cccnc7c6n5)c4)N=C(N=C)c4cccc5ccccc45)c3)nc2C1. The highest BCUT2D eigenvalue weighted by atomic mass is 15.0. The number of rotatable bonds is 8. The molecule has 1 aliphatic carbocycles. The lowest BCUT2D eigenvalue weighted by atomic mass is 9.96. The first-order valence-electron chi connectivity index (χ1n) is 19.1. The maximum Gasteiger partial charge on any atom is 0.161 e. The predicted molar refractivity (Wildman–Crippen MR) is 242 cm³/mol. The molecule has 0 unspecified atom stereocenters. The molecule has 7 nitrogen and oxygen atoms in total. The molecule has 0 atom stereocenters. The Labute approximate surface area is 336 Å². The van der Waals surface area contributed by atoms with Crippen molar-refractivity contribution in [3.05, 3.63) is 204 Å². The molecule has 3 aromatic heterocycles. The monoisotopic (exact) mass is 747 g/mol. The van der Waals surface area contributed by atoms with Gasteiger partial charge in [0, 0.05) is 51.8 Å². The molecule has 0 saturated heterocycles. The fourth-order valence-corrected chi connectivity index (χ4v) is 7.35. The summed E-state index contributed by atoms with van der Waals surface area (Å²) in [7, 11) is 0. The summed E-state index contributed by atoms with van der Waals surface area (Å²) in [5.74, 6) is 1.03. The summed E-state index contributed by atoms with van der Waals surface area (Å²) in [5, 5.41) is 4.25. The molecule has 0 saturated carbocycles. The Morgan fingerprint density at radius 3 is 2.31 bits per heavy atom. The molecule has 8 aromatic rings. The number of fused-ring (bicyclic) bond motifs is 5. The molecule has 0 aliphatic heterocycles. The van der Waals surface area contributed by atoms with Gasteiger partial charge in [0.2, 0.25) is 0 Å². The van der Waals surface area contributed by atoms with Crippen LogP contribution in [0.3, 0.4) is 0 Å². The van der Waals surface area contributed by atoms with Crippen molar-refractivity contribution in [1.29, 1.82) is 0 Å². The molecule has 276 valence electrons. The van der Waals surface area contributed by atoms with Crippen LogP contribution in [0.15, 0.2) is 196 Å². The Bertz CT molecular complexity index is 3050. The third kappa shape index (κ3) is 7.44. The summed E-state index contributed by atoms with van der Waals surface area (Å²) >= 11 is 0. The minimum Gasteiger partial charge on any atom is -0.273 e. The smallest absolute Gasteiger partial charge is 0.161 e. The zero-order valence-corrected chi connectivity index (χ0v) is 31.7. The van der Waals surface area contributed by atoms with E-state index in [0.717, 1.165) is 95.0 Å². The molecule has 0 spiro atoms. The summed E-state index contributed by atoms with van der Waals surface area (Å²) in [6.07, 6.45) is 12.4. The van der Waals surface area contributed by atoms with Crippen LogP contribution in [-0.2, 0) is 13.0 Å². The van der Waals surface area contributed by atoms with Crippen LogP contribution in [0.4, 0.5) is 0 Å². The molecule has 0 fully saturated rings. The lowest BCUT2D eigenvalue weighted by molar-refractivity contribution is 1.06. The summed E-state index contributed by atoms with van der Waals surface area (Å²) in [6.45, 7) is 7.85. The standard InChI is InChI=1S/C51H37N7/c1-52-28-8-11-34-20-21-37-24-26-45(56-47(37)31-34)41-15-6-16-42(32-41)50(58-51(53-2)44-19-7-13-36-12-3-4-18-43(36)44)55-33-35-10-5-14-40(30-35)46-27-25-39-23-22-38-17-9-29-54-48(38)49(39)57-46/h3-30,32H,1-2,31,33H2/b28-8-,34-11-,55-50?,58-51?. The van der Waals surface area contributed by atoms with Gasteiger partial charge in [0.05, 0.1) is 34.7 Å². The molecule has 3 heterocycles. The van der Waals surface area contributed by atoms with Crippen LogP contribution in [0.5, 0.6) is 0 Å². The number of pyridine rings is 3. The van der Waals surface area contributed by atoms with Gasteiger partial charge in [-0.2, -0.15) is 0 Å². The van der Waals surface area contributed by atoms with Gasteiger partial charge in [0.15, 0.2) is 11.7 Å². The van der Waals surface area contributed by atoms with E-state index in [9.17, 15) is 0 Å². The van der Waals surface area contributed by atoms with Gasteiger partial charge in [-0.15, -0.1) is 0 Å². The second-order valence-corrected chi connectivity index (χ2v) is 14.0. The van der Waals surface area contributed by atoms with Crippen LogP contribution in [0.2, 0.25) is 0 Å². The van der Waals surface area contributed by atoms with Gasteiger partial charge in [0.1, 0.15) is 0 Å². The van der Waals surface area contributed by atoms with Crippen LogP contribution in [0.25, 0.3) is 61.2 Å². The van der Waals surface area contributed by atoms with E-state index in [1.807, 2.05) is 66.9 Å². The van der Waals surface area contributed by atoms with Crippen molar-refractivity contribution in [3.63, 3.8) is 0 Å². The molecular formula is C51H37N7. The van der Waals surface area contributed by atoms with Crippen molar-refractivity contribution >= 4 is 63.8 Å². The van der Waals surface area contributed by atoms with Crippen LogP contribution >= 0.6 is 0 Å². The Balaban J connectivity index is 1.10. The minimum absolute atomic E-state index is 0.378. The van der Waals surface area contributed by atoms with E-state index >= 15 is 0 Å². The Morgan fingerprint density at radius 2 is 1.41 bits per heavy atom. The Kier molecular flexibility index (Phi) is 9.99. The van der Waals surface area contributed by atoms with Gasteiger partial charge < -0.3 is 0 Å². The zero-order chi connectivity index (χ0) is 39.3. The van der Waals surface area contributed by atoms with Crippen molar-refractivity contribution in [2.75, 3.05) is 0 Å². The lowest BCUT2D eigenvalue weighted by Crippen LogP contribution is -2.07. The van der Waals surface area contributed by atoms with Crippen molar-refractivity contribution < 1.29 is 0 Å². The second kappa shape index (κ2) is 16.1. The van der Waals surface area contributed by atoms with Crippen molar-refractivity contribution in [1.82, 2.24) is 15.0 Å². The van der Waals surface area contributed by atoms with Crippen LogP contribution in [-0.4, -0.2) is 40.1 Å². The van der Waals surface area contributed by atoms with Crippen LogP contribution in [0, 0.1) is 0 Å². The quantitative estimate of drug-likeness (QED) is 0.0881. The molecule has 5 aromatic carbocycles. The molecule has 58 heavy (non-hydrogen) atoms. The van der Waals surface area contributed by atoms with Crippen LogP contribution in [0.1, 0.15) is 27.9 Å². The first-order chi connectivity index (χ1) is 28.6. The fourth-order valence-electron chi connectivity index (χ4n) is 7.35. The molecule has 1 aliphatic rings. The lowest BCUT2D eigenvalue weighted by Gasteiger charge is -2.14. The van der Waals surface area contributed by atoms with Gasteiger partial charge in [-0.1, -0.05) is 127 Å². The normalized spacial score (nSPS) is 13.8. The number of amidine groups is 2. The number of hydrogen-bond acceptors (Lipinski definition) is 5. The van der Waals surface area contributed by atoms with Crippen molar-refractivity contribution in [2.24, 2.45) is 20.0 Å². The summed E-state index contributed by atoms with van der Waals surface area (Å²) in [4.78, 5) is 33.5. The number of benzene rings is 5. The predicted octanol–water partition coefficient (Wildman–Crippen LogP) is 11.5. The van der Waals surface area contributed by atoms with Gasteiger partial charge in [-0.05, 0) is 77.3 Å². The van der Waals surface area contributed by atoms with Crippen LogP contribution < -0.4 is 0 Å². The Morgan fingerprint density at radius 1 is 0.655 bits per heavy atom. The van der Waals surface area contributed by atoms with E-state index in [1.54, 1.807) is 6.20 Å². The summed E-state index contributed by atoms with van der Waals surface area (Å²) in [5.41, 5.74) is 11.5. The van der Waals surface area contributed by atoms with Crippen molar-refractivity contribution in [3.8, 4) is 22.5 Å². The second-order valence-electron chi connectivity index (χ2n) is 14.0. The summed E-state index contributed by atoms with van der Waals surface area (Å²) < 4.78 is 0. The molecule has 7 heteroatoms. The first kappa shape index (κ1) is 35.9. The number of nitrogens with zero attached hydrogens (tertiary/aromatic N) is 7. The highest BCUT2D eigenvalue weighted by Crippen LogP contribution is 2.29. The van der Waals surface area contributed by atoms with E-state index in [4.69, 9.17) is 20.0 Å². The maximum absolute atomic E-state index is 5.19. The zero-order valence-electron chi connectivity index (χ0n) is 31.7. The average Bonchev–Trinajstić information content (AvgIpc) is 3.29. The minimum atomic E-state index is 0.378. The van der Waals surface area contributed by atoms with Crippen molar-refractivity contribution in [2.45, 2.75) is 13.0 Å². The highest BCUT2D eigenvalue weighted by molar-refractivity contribution is 6.17. The topological polar surface area (TPSA) is 88.1 Å². The average molecular weight is 748 g/mol. The molecule has 0 bridgehead atoms. The van der Waals surface area contributed by atoms with Gasteiger partial charge >= 0.3 is 0 Å². The number of aliphatic imine (C=N–C) groups is 4. The first-order valence-corrected chi connectivity index (χ1v) is 19.1. The fraction of sp³-hybridized carbons (Fsp3) is 0.0392. The third-order valence-corrected chi connectivity index (χ3v) is 10.2. The van der Waals surface area contributed by atoms with Gasteiger partial charge in [-0.3, -0.25) is 20.0 Å². The van der Waals surface area contributed by atoms with E-state index in [2.05, 4.69) is 132 Å². The molecule has 9 rings (SSSR count). The van der Waals surface area contributed by atoms with Gasteiger partial charge in [-0.25, -0.2) is 15.0 Å². The van der Waals surface area contributed by atoms with E-state index < -0.39 is 0 Å². The van der Waals surface area contributed by atoms with E-state index in [1.165, 1.54) is 0 Å². The van der Waals surface area contributed by atoms with E-state index in [-0.39, 0.29) is 0 Å². The third-order valence-electron chi connectivity index (χ3n) is 10.2. The molecule has 0 radical (unpaired) electrons. The largest absolute Gasteiger partial charge is 0.273 e. The summed E-state index contributed by atoms with van der Waals surface area (Å²) in [6, 6.07) is 47.5.